The lowest BCUT2D eigenvalue weighted by Crippen LogP contribution is -2.32. The van der Waals surface area contributed by atoms with E-state index in [2.05, 4.69) is 10.6 Å². The summed E-state index contributed by atoms with van der Waals surface area (Å²) in [5.74, 6) is -0.298. The van der Waals surface area contributed by atoms with E-state index in [9.17, 15) is 9.18 Å². The molecule has 0 bridgehead atoms. The molecule has 0 saturated carbocycles. The fourth-order valence-corrected chi connectivity index (χ4v) is 3.17. The summed E-state index contributed by atoms with van der Waals surface area (Å²) in [6, 6.07) is 17.0. The van der Waals surface area contributed by atoms with Gasteiger partial charge in [-0.05, 0) is 48.2 Å². The van der Waals surface area contributed by atoms with E-state index in [0.717, 1.165) is 21.7 Å². The number of hydrogen-bond acceptors (Lipinski definition) is 2. The zero-order chi connectivity index (χ0) is 16.9. The van der Waals surface area contributed by atoms with Crippen molar-refractivity contribution in [2.45, 2.75) is 13.0 Å². The van der Waals surface area contributed by atoms with E-state index in [1.165, 1.54) is 12.1 Å². The van der Waals surface area contributed by atoms with E-state index >= 15 is 0 Å². The summed E-state index contributed by atoms with van der Waals surface area (Å²) in [7, 11) is 0. The Morgan fingerprint density at radius 2 is 1.75 bits per heavy atom. The summed E-state index contributed by atoms with van der Waals surface area (Å²) in [4.78, 5) is 13.3. The number of rotatable bonds is 4. The second-order valence-corrected chi connectivity index (χ2v) is 6.44. The molecule has 3 aromatic rings. The van der Waals surface area contributed by atoms with Gasteiger partial charge >= 0.3 is 6.03 Å². The second kappa shape index (κ2) is 7.27. The molecule has 1 aromatic heterocycles. The molecule has 2 aromatic carbocycles. The van der Waals surface area contributed by atoms with E-state index in [1.807, 2.05) is 48.7 Å². The number of urea groups is 1. The van der Waals surface area contributed by atoms with Crippen molar-refractivity contribution in [1.82, 2.24) is 5.32 Å². The number of amides is 2. The molecule has 1 atom stereocenters. The summed E-state index contributed by atoms with van der Waals surface area (Å²) >= 11 is 1.54. The Balaban J connectivity index is 1.77. The summed E-state index contributed by atoms with van der Waals surface area (Å²) < 4.78 is 13.2. The Morgan fingerprint density at radius 3 is 2.38 bits per heavy atom. The molecule has 2 N–H and O–H groups in total. The number of carbonyl (C=O) groups excluding carboxylic acids is 1. The quantitative estimate of drug-likeness (QED) is 0.681. The van der Waals surface area contributed by atoms with Gasteiger partial charge in [0.1, 0.15) is 5.82 Å². The zero-order valence-electron chi connectivity index (χ0n) is 13.1. The summed E-state index contributed by atoms with van der Waals surface area (Å²) in [5, 5.41) is 7.73. The van der Waals surface area contributed by atoms with Crippen LogP contribution in [0.1, 0.15) is 22.0 Å². The molecule has 0 fully saturated rings. The molecule has 2 amide bonds. The number of hydrogen-bond donors (Lipinski definition) is 2. The maximum atomic E-state index is 13.2. The highest BCUT2D eigenvalue weighted by Crippen LogP contribution is 2.26. The zero-order valence-corrected chi connectivity index (χ0v) is 13.9. The SMILES string of the molecule is Cc1ccc(NC(=O)NC(c2ccc(F)cc2)c2cccs2)cc1. The number of thiophene rings is 1. The first-order valence-corrected chi connectivity index (χ1v) is 8.43. The van der Waals surface area contributed by atoms with Crippen LogP contribution >= 0.6 is 11.3 Å². The molecule has 0 aliphatic rings. The van der Waals surface area contributed by atoms with Gasteiger partial charge in [0.15, 0.2) is 0 Å². The van der Waals surface area contributed by atoms with Crippen LogP contribution in [-0.2, 0) is 0 Å². The minimum atomic E-state index is -0.323. The van der Waals surface area contributed by atoms with Gasteiger partial charge < -0.3 is 10.6 Å². The number of halogens is 1. The monoisotopic (exact) mass is 340 g/mol. The molecule has 1 unspecified atom stereocenters. The van der Waals surface area contributed by atoms with Crippen LogP contribution in [0.25, 0.3) is 0 Å². The van der Waals surface area contributed by atoms with Crippen LogP contribution in [0, 0.1) is 12.7 Å². The van der Waals surface area contributed by atoms with Crippen molar-refractivity contribution >= 4 is 23.1 Å². The molecule has 0 radical (unpaired) electrons. The fraction of sp³-hybridized carbons (Fsp3) is 0.105. The summed E-state index contributed by atoms with van der Waals surface area (Å²) in [5.41, 5.74) is 2.68. The first-order chi connectivity index (χ1) is 11.6. The van der Waals surface area contributed by atoms with Crippen LogP contribution in [0.3, 0.4) is 0 Å². The molecule has 5 heteroatoms. The Morgan fingerprint density at radius 1 is 1.04 bits per heavy atom. The van der Waals surface area contributed by atoms with Crippen LogP contribution in [0.4, 0.5) is 14.9 Å². The third-order valence-electron chi connectivity index (χ3n) is 3.62. The minimum absolute atomic E-state index is 0.298. The van der Waals surface area contributed by atoms with Gasteiger partial charge in [-0.3, -0.25) is 0 Å². The number of anilines is 1. The van der Waals surface area contributed by atoms with Crippen molar-refractivity contribution in [1.29, 1.82) is 0 Å². The summed E-state index contributed by atoms with van der Waals surface area (Å²) in [6.07, 6.45) is 0. The lowest BCUT2D eigenvalue weighted by molar-refractivity contribution is 0.250. The van der Waals surface area contributed by atoms with Gasteiger partial charge in [-0.25, -0.2) is 9.18 Å². The maximum Gasteiger partial charge on any atom is 0.320 e. The number of carbonyl (C=O) groups is 1. The Bertz CT molecular complexity index is 798. The molecular weight excluding hydrogens is 323 g/mol. The van der Waals surface area contributed by atoms with E-state index in [1.54, 1.807) is 23.5 Å². The molecule has 3 nitrogen and oxygen atoms in total. The largest absolute Gasteiger partial charge is 0.326 e. The van der Waals surface area contributed by atoms with Gasteiger partial charge in [-0.2, -0.15) is 0 Å². The molecule has 0 spiro atoms. The number of aryl methyl sites for hydroxylation is 1. The smallest absolute Gasteiger partial charge is 0.320 e. The van der Waals surface area contributed by atoms with Crippen LogP contribution in [0.15, 0.2) is 66.0 Å². The second-order valence-electron chi connectivity index (χ2n) is 5.46. The predicted molar refractivity (Wildman–Crippen MR) is 95.9 cm³/mol. The standard InChI is InChI=1S/C19H17FN2OS/c1-13-4-10-16(11-5-13)21-19(23)22-18(17-3-2-12-24-17)14-6-8-15(20)9-7-14/h2-12,18H,1H3,(H2,21,22,23). The molecule has 0 aliphatic carbocycles. The lowest BCUT2D eigenvalue weighted by Gasteiger charge is -2.18. The lowest BCUT2D eigenvalue weighted by atomic mass is 10.1. The molecule has 24 heavy (non-hydrogen) atoms. The summed E-state index contributed by atoms with van der Waals surface area (Å²) in [6.45, 7) is 1.99. The van der Waals surface area contributed by atoms with Crippen molar-refractivity contribution in [2.24, 2.45) is 0 Å². The first kappa shape index (κ1) is 16.2. The van der Waals surface area contributed by atoms with Crippen molar-refractivity contribution in [3.05, 3.63) is 87.9 Å². The molecule has 0 saturated heterocycles. The van der Waals surface area contributed by atoms with Gasteiger partial charge in [-0.1, -0.05) is 35.9 Å². The highest BCUT2D eigenvalue weighted by Gasteiger charge is 2.18. The van der Waals surface area contributed by atoms with E-state index in [0.29, 0.717) is 0 Å². The topological polar surface area (TPSA) is 41.1 Å². The molecule has 1 heterocycles. The van der Waals surface area contributed by atoms with Crippen molar-refractivity contribution in [3.8, 4) is 0 Å². The van der Waals surface area contributed by atoms with E-state index < -0.39 is 0 Å². The Hall–Kier alpha value is -2.66. The normalized spacial score (nSPS) is 11.8. The van der Waals surface area contributed by atoms with Crippen LogP contribution in [0.5, 0.6) is 0 Å². The molecule has 0 aliphatic heterocycles. The molecule has 122 valence electrons. The average molecular weight is 340 g/mol. The minimum Gasteiger partial charge on any atom is -0.326 e. The van der Waals surface area contributed by atoms with Gasteiger partial charge in [0.2, 0.25) is 0 Å². The van der Waals surface area contributed by atoms with E-state index in [4.69, 9.17) is 0 Å². The van der Waals surface area contributed by atoms with E-state index in [-0.39, 0.29) is 17.9 Å². The van der Waals surface area contributed by atoms with Gasteiger partial charge in [0.25, 0.3) is 0 Å². The molecular formula is C19H17FN2OS. The van der Waals surface area contributed by atoms with Crippen LogP contribution in [-0.4, -0.2) is 6.03 Å². The van der Waals surface area contributed by atoms with Gasteiger partial charge in [0, 0.05) is 10.6 Å². The van der Waals surface area contributed by atoms with Crippen LogP contribution in [0.2, 0.25) is 0 Å². The average Bonchev–Trinajstić information content (AvgIpc) is 3.10. The highest BCUT2D eigenvalue weighted by atomic mass is 32.1. The van der Waals surface area contributed by atoms with Crippen molar-refractivity contribution in [3.63, 3.8) is 0 Å². The third-order valence-corrected chi connectivity index (χ3v) is 4.55. The number of nitrogens with one attached hydrogen (secondary N) is 2. The highest BCUT2D eigenvalue weighted by molar-refractivity contribution is 7.10. The predicted octanol–water partition coefficient (Wildman–Crippen LogP) is 5.11. The van der Waals surface area contributed by atoms with Gasteiger partial charge in [0.05, 0.1) is 6.04 Å². The van der Waals surface area contributed by atoms with Gasteiger partial charge in [-0.15, -0.1) is 11.3 Å². The number of benzene rings is 2. The molecule has 3 rings (SSSR count). The first-order valence-electron chi connectivity index (χ1n) is 7.55. The van der Waals surface area contributed by atoms with Crippen molar-refractivity contribution < 1.29 is 9.18 Å². The third kappa shape index (κ3) is 4.00. The maximum absolute atomic E-state index is 13.2. The van der Waals surface area contributed by atoms with Crippen molar-refractivity contribution in [2.75, 3.05) is 5.32 Å². The Labute approximate surface area is 144 Å². The fourth-order valence-electron chi connectivity index (χ4n) is 2.36. The van der Waals surface area contributed by atoms with Crippen LogP contribution < -0.4 is 10.6 Å². The Kier molecular flexibility index (Phi) is 4.91.